The van der Waals surface area contributed by atoms with Crippen molar-refractivity contribution in [3.63, 3.8) is 0 Å². The van der Waals surface area contributed by atoms with Crippen LogP contribution in [0, 0.1) is 11.6 Å². The summed E-state index contributed by atoms with van der Waals surface area (Å²) >= 11 is 0. The summed E-state index contributed by atoms with van der Waals surface area (Å²) in [5.41, 5.74) is -0.601. The fourth-order valence-corrected chi connectivity index (χ4v) is 1.28. The van der Waals surface area contributed by atoms with Crippen LogP contribution < -0.4 is 4.90 Å². The number of aromatic carboxylic acids is 1. The van der Waals surface area contributed by atoms with Crippen molar-refractivity contribution in [1.29, 1.82) is 0 Å². The second-order valence-corrected chi connectivity index (χ2v) is 3.80. The molecule has 0 amide bonds. The summed E-state index contributed by atoms with van der Waals surface area (Å²) in [6.45, 7) is 3.56. The first-order valence-electron chi connectivity index (χ1n) is 4.79. The summed E-state index contributed by atoms with van der Waals surface area (Å²) < 4.78 is 27.1. The Bertz CT molecular complexity index is 395. The van der Waals surface area contributed by atoms with E-state index in [0.717, 1.165) is 12.1 Å². The van der Waals surface area contributed by atoms with Crippen LogP contribution in [-0.2, 0) is 0 Å². The van der Waals surface area contributed by atoms with Crippen LogP contribution in [0.2, 0.25) is 0 Å². The van der Waals surface area contributed by atoms with Gasteiger partial charge in [-0.15, -0.1) is 0 Å². The first-order chi connectivity index (χ1) is 7.34. The molecule has 0 aliphatic rings. The predicted octanol–water partition coefficient (Wildman–Crippen LogP) is 2.51. The zero-order chi connectivity index (χ0) is 12.5. The molecule has 0 spiro atoms. The molecule has 1 aromatic rings. The van der Waals surface area contributed by atoms with Gasteiger partial charge < -0.3 is 10.0 Å². The number of nitrogens with zero attached hydrogens (tertiary/aromatic N) is 1. The molecule has 1 N–H and O–H groups in total. The van der Waals surface area contributed by atoms with Crippen LogP contribution in [0.25, 0.3) is 0 Å². The monoisotopic (exact) mass is 229 g/mol. The van der Waals surface area contributed by atoms with E-state index < -0.39 is 23.2 Å². The van der Waals surface area contributed by atoms with Gasteiger partial charge in [0.15, 0.2) is 0 Å². The molecular weight excluding hydrogens is 216 g/mol. The molecule has 0 saturated heterocycles. The predicted molar refractivity (Wildman–Crippen MR) is 56.9 cm³/mol. The Labute approximate surface area is 92.3 Å². The van der Waals surface area contributed by atoms with Gasteiger partial charge in [0.25, 0.3) is 0 Å². The highest BCUT2D eigenvalue weighted by Gasteiger charge is 2.19. The SMILES string of the molecule is CC(C)N(C)c1c(F)cc(C(=O)O)cc1F. The highest BCUT2D eigenvalue weighted by molar-refractivity contribution is 5.88. The number of benzene rings is 1. The molecule has 0 heterocycles. The van der Waals surface area contributed by atoms with Gasteiger partial charge >= 0.3 is 5.97 Å². The van der Waals surface area contributed by atoms with Gasteiger partial charge in [-0.05, 0) is 26.0 Å². The number of carbonyl (C=O) groups is 1. The number of carboxylic acids is 1. The van der Waals surface area contributed by atoms with Crippen LogP contribution in [0.1, 0.15) is 24.2 Å². The van der Waals surface area contributed by atoms with E-state index in [0.29, 0.717) is 0 Å². The molecule has 88 valence electrons. The summed E-state index contributed by atoms with van der Waals surface area (Å²) in [7, 11) is 1.55. The summed E-state index contributed by atoms with van der Waals surface area (Å²) in [4.78, 5) is 12.0. The number of rotatable bonds is 3. The normalized spacial score (nSPS) is 10.6. The number of anilines is 1. The number of carboxylic acid groups (broad SMARTS) is 1. The van der Waals surface area contributed by atoms with Crippen molar-refractivity contribution in [2.24, 2.45) is 0 Å². The first kappa shape index (κ1) is 12.4. The van der Waals surface area contributed by atoms with Gasteiger partial charge in [-0.1, -0.05) is 0 Å². The van der Waals surface area contributed by atoms with E-state index in [9.17, 15) is 13.6 Å². The average molecular weight is 229 g/mol. The summed E-state index contributed by atoms with van der Waals surface area (Å²) in [6.07, 6.45) is 0. The Morgan fingerprint density at radius 2 is 1.75 bits per heavy atom. The smallest absolute Gasteiger partial charge is 0.335 e. The van der Waals surface area contributed by atoms with Gasteiger partial charge in [0.2, 0.25) is 0 Å². The minimum absolute atomic E-state index is 0.0836. The van der Waals surface area contributed by atoms with Gasteiger partial charge in [0.1, 0.15) is 17.3 Å². The number of hydrogen-bond acceptors (Lipinski definition) is 2. The van der Waals surface area contributed by atoms with Crippen molar-refractivity contribution in [3.05, 3.63) is 29.3 Å². The highest BCUT2D eigenvalue weighted by Crippen LogP contribution is 2.25. The summed E-state index contributed by atoms with van der Waals surface area (Å²) in [6, 6.07) is 1.55. The molecule has 0 bridgehead atoms. The fourth-order valence-electron chi connectivity index (χ4n) is 1.28. The molecule has 1 rings (SSSR count). The lowest BCUT2D eigenvalue weighted by atomic mass is 10.1. The van der Waals surface area contributed by atoms with E-state index in [1.54, 1.807) is 20.9 Å². The van der Waals surface area contributed by atoms with Gasteiger partial charge in [-0.3, -0.25) is 0 Å². The third-order valence-corrected chi connectivity index (χ3v) is 2.39. The van der Waals surface area contributed by atoms with Gasteiger partial charge in [-0.25, -0.2) is 13.6 Å². The standard InChI is InChI=1S/C11H13F2NO2/c1-6(2)14(3)10-8(12)4-7(11(15)16)5-9(10)13/h4-6H,1-3H3,(H,15,16). The van der Waals surface area contributed by atoms with E-state index >= 15 is 0 Å². The lowest BCUT2D eigenvalue weighted by Crippen LogP contribution is -2.27. The Balaban J connectivity index is 3.28. The van der Waals surface area contributed by atoms with Crippen molar-refractivity contribution >= 4 is 11.7 Å². The first-order valence-corrected chi connectivity index (χ1v) is 4.79. The quantitative estimate of drug-likeness (QED) is 0.865. The second kappa shape index (κ2) is 4.47. The van der Waals surface area contributed by atoms with E-state index in [1.807, 2.05) is 0 Å². The minimum atomic E-state index is -1.35. The maximum Gasteiger partial charge on any atom is 0.335 e. The minimum Gasteiger partial charge on any atom is -0.478 e. The second-order valence-electron chi connectivity index (χ2n) is 3.80. The number of hydrogen-bond donors (Lipinski definition) is 1. The third kappa shape index (κ3) is 2.29. The molecule has 1 aromatic carbocycles. The Kier molecular flexibility index (Phi) is 3.47. The molecule has 0 fully saturated rings. The zero-order valence-corrected chi connectivity index (χ0v) is 9.29. The third-order valence-electron chi connectivity index (χ3n) is 2.39. The van der Waals surface area contributed by atoms with E-state index in [2.05, 4.69) is 0 Å². The molecule has 0 radical (unpaired) electrons. The van der Waals surface area contributed by atoms with Crippen LogP contribution in [0.15, 0.2) is 12.1 Å². The van der Waals surface area contributed by atoms with Crippen molar-refractivity contribution in [2.45, 2.75) is 19.9 Å². The lowest BCUT2D eigenvalue weighted by molar-refractivity contribution is 0.0696. The Hall–Kier alpha value is -1.65. The largest absolute Gasteiger partial charge is 0.478 e. The van der Waals surface area contributed by atoms with Crippen molar-refractivity contribution in [2.75, 3.05) is 11.9 Å². The average Bonchev–Trinajstić information content (AvgIpc) is 2.15. The highest BCUT2D eigenvalue weighted by atomic mass is 19.1. The van der Waals surface area contributed by atoms with Crippen molar-refractivity contribution in [1.82, 2.24) is 0 Å². The van der Waals surface area contributed by atoms with Gasteiger partial charge in [0, 0.05) is 13.1 Å². The Morgan fingerprint density at radius 3 is 2.06 bits per heavy atom. The molecule has 0 unspecified atom stereocenters. The molecule has 0 atom stereocenters. The maximum absolute atomic E-state index is 13.5. The molecule has 16 heavy (non-hydrogen) atoms. The summed E-state index contributed by atoms with van der Waals surface area (Å²) in [5, 5.41) is 8.63. The van der Waals surface area contributed by atoms with Crippen LogP contribution in [-0.4, -0.2) is 24.2 Å². The fraction of sp³-hybridized carbons (Fsp3) is 0.364. The molecule has 0 aromatic heterocycles. The molecule has 0 saturated carbocycles. The lowest BCUT2D eigenvalue weighted by Gasteiger charge is -2.24. The van der Waals surface area contributed by atoms with Crippen LogP contribution in [0.3, 0.4) is 0 Å². The maximum atomic E-state index is 13.5. The molecule has 5 heteroatoms. The topological polar surface area (TPSA) is 40.5 Å². The molecular formula is C11H13F2NO2. The van der Waals surface area contributed by atoms with Crippen LogP contribution in [0.5, 0.6) is 0 Å². The molecule has 3 nitrogen and oxygen atoms in total. The summed E-state index contributed by atoms with van der Waals surface area (Å²) in [5.74, 6) is -3.08. The van der Waals surface area contributed by atoms with Crippen LogP contribution >= 0.6 is 0 Å². The van der Waals surface area contributed by atoms with E-state index in [4.69, 9.17) is 5.11 Å². The van der Waals surface area contributed by atoms with E-state index in [-0.39, 0.29) is 11.7 Å². The van der Waals surface area contributed by atoms with Crippen LogP contribution in [0.4, 0.5) is 14.5 Å². The van der Waals surface area contributed by atoms with E-state index in [1.165, 1.54) is 4.90 Å². The van der Waals surface area contributed by atoms with Gasteiger partial charge in [-0.2, -0.15) is 0 Å². The molecule has 0 aliphatic heterocycles. The Morgan fingerprint density at radius 1 is 1.31 bits per heavy atom. The van der Waals surface area contributed by atoms with Crippen molar-refractivity contribution < 1.29 is 18.7 Å². The van der Waals surface area contributed by atoms with Gasteiger partial charge in [0.05, 0.1) is 5.56 Å². The molecule has 0 aliphatic carbocycles. The van der Waals surface area contributed by atoms with Crippen molar-refractivity contribution in [3.8, 4) is 0 Å². The zero-order valence-electron chi connectivity index (χ0n) is 9.29. The number of halogens is 2.